The van der Waals surface area contributed by atoms with E-state index in [1.54, 1.807) is 24.3 Å². The van der Waals surface area contributed by atoms with Gasteiger partial charge in [0, 0.05) is 62.3 Å². The van der Waals surface area contributed by atoms with Gasteiger partial charge in [0.1, 0.15) is 55.9 Å². The summed E-state index contributed by atoms with van der Waals surface area (Å²) < 4.78 is 98.4. The van der Waals surface area contributed by atoms with Gasteiger partial charge in [-0.05, 0) is 41.4 Å². The van der Waals surface area contributed by atoms with E-state index >= 15 is 4.79 Å². The molecule has 4 heterocycles. The monoisotopic (exact) mass is 1350 g/mol. The molecule has 3 saturated heterocycles. The predicted octanol–water partition coefficient (Wildman–Crippen LogP) is 2.48. The minimum atomic E-state index is -3.18. The number of carbonyl (C=O) groups is 12. The van der Waals surface area contributed by atoms with Gasteiger partial charge in [-0.1, -0.05) is 57.2 Å². The molecule has 0 aliphatic carbocycles. The number of benzene rings is 2. The van der Waals surface area contributed by atoms with Crippen LogP contribution in [-0.2, 0) is 137 Å². The number of hydrogen-bond donors (Lipinski definition) is 2. The summed E-state index contributed by atoms with van der Waals surface area (Å²) in [4.78, 5) is 164. The molecule has 6 rings (SSSR count). The highest BCUT2D eigenvalue weighted by Crippen LogP contribution is 2.44. The van der Waals surface area contributed by atoms with E-state index in [4.69, 9.17) is 75.5 Å². The zero-order valence-electron chi connectivity index (χ0n) is 54.8. The first-order chi connectivity index (χ1) is 44.0. The Labute approximate surface area is 542 Å². The molecule has 31 nitrogen and oxygen atoms in total. The van der Waals surface area contributed by atoms with Crippen molar-refractivity contribution >= 4 is 79.8 Å². The Hall–Kier alpha value is -7.82. The lowest BCUT2D eigenvalue weighted by Crippen LogP contribution is -2.72. The largest absolute Gasteiger partial charge is 0.465 e. The second-order valence-electron chi connectivity index (χ2n) is 24.1. The summed E-state index contributed by atoms with van der Waals surface area (Å²) >= 11 is 0. The molecule has 2 aromatic rings. The van der Waals surface area contributed by atoms with E-state index in [1.165, 1.54) is 24.3 Å². The maximum Gasteiger partial charge on any atom is 0.366 e. The van der Waals surface area contributed by atoms with Crippen LogP contribution >= 0.6 is 0 Å². The standard InChI is InChI=1S/C62H82N2O29Si/c1-30(66)63-47-43(83-33(4)69)24-62(60(77)78-13,92-52(47)49(85-35(6)71)44(84-34(5)70)27-79-31(2)67)93-54-51(86-36(7)72)45(28-80-32(3)68)90-59(55(54)88-38(9)74)91-50-46(29-82-94(14,15)61(10,11)12)89-58(81-26-40-22-20-39(25-65)21-23-40)48(53(50)87-37(8)73)64-56(75)41-18-16-17-19-42(41)57(64)76/h16-23,43-55,58-59,65H,24-29H2,1-15H3,(H,63,66)/t43-,44+,45+,46+,47+,48+,49-,50-,51-,52+,53+,54-,55+,58+,59-,62-/m0/s1. The normalized spacial score (nSPS) is 27.4. The molecular weight excluding hydrogens is 1260 g/mol. The number of fused-ring (bicyclic) bond motifs is 1. The molecule has 4 aliphatic rings. The van der Waals surface area contributed by atoms with Crippen LogP contribution in [0.15, 0.2) is 48.5 Å². The number of imide groups is 1. The van der Waals surface area contributed by atoms with Crippen molar-refractivity contribution in [2.45, 2.75) is 218 Å². The van der Waals surface area contributed by atoms with E-state index in [-0.39, 0.29) is 24.3 Å². The molecule has 16 atom stereocenters. The zero-order chi connectivity index (χ0) is 69.9. The molecule has 0 spiro atoms. The number of nitrogens with one attached hydrogen (secondary N) is 1. The Morgan fingerprint density at radius 1 is 0.649 bits per heavy atom. The highest BCUT2D eigenvalue weighted by molar-refractivity contribution is 6.74. The van der Waals surface area contributed by atoms with Gasteiger partial charge >= 0.3 is 53.7 Å². The van der Waals surface area contributed by atoms with Gasteiger partial charge in [0.2, 0.25) is 5.91 Å². The molecule has 518 valence electrons. The Morgan fingerprint density at radius 2 is 1.18 bits per heavy atom. The fraction of sp³-hybridized carbons (Fsp3) is 0.613. The highest BCUT2D eigenvalue weighted by atomic mass is 28.4. The van der Waals surface area contributed by atoms with Gasteiger partial charge < -0.3 is 85.9 Å². The molecule has 0 radical (unpaired) electrons. The van der Waals surface area contributed by atoms with E-state index in [0.29, 0.717) is 11.1 Å². The van der Waals surface area contributed by atoms with E-state index < -0.39 is 209 Å². The third-order valence-electron chi connectivity index (χ3n) is 15.8. The smallest absolute Gasteiger partial charge is 0.366 e. The Kier molecular flexibility index (Phi) is 25.7. The van der Waals surface area contributed by atoms with E-state index in [0.717, 1.165) is 74.3 Å². The number of esters is 9. The van der Waals surface area contributed by atoms with Gasteiger partial charge in [-0.2, -0.15) is 0 Å². The summed E-state index contributed by atoms with van der Waals surface area (Å²) in [5.41, 5.74) is 0.966. The number of ether oxygens (including phenoxy) is 15. The van der Waals surface area contributed by atoms with Crippen LogP contribution in [0.1, 0.15) is 121 Å². The summed E-state index contributed by atoms with van der Waals surface area (Å²) in [6.07, 6.45) is -26.7. The summed E-state index contributed by atoms with van der Waals surface area (Å²) in [5, 5.41) is 11.9. The fourth-order valence-electron chi connectivity index (χ4n) is 10.8. The van der Waals surface area contributed by atoms with Gasteiger partial charge in [0.15, 0.2) is 51.4 Å². The van der Waals surface area contributed by atoms with Crippen molar-refractivity contribution in [2.75, 3.05) is 26.9 Å². The molecule has 0 aromatic heterocycles. The van der Waals surface area contributed by atoms with Gasteiger partial charge in [0.05, 0.1) is 50.5 Å². The topological polar surface area (TPSA) is 388 Å². The van der Waals surface area contributed by atoms with Gasteiger partial charge in [-0.25, -0.2) is 4.79 Å². The number of nitrogens with zero attached hydrogens (tertiary/aromatic N) is 1. The zero-order valence-corrected chi connectivity index (χ0v) is 55.8. The van der Waals surface area contributed by atoms with Crippen LogP contribution in [0.5, 0.6) is 0 Å². The van der Waals surface area contributed by atoms with Crippen molar-refractivity contribution in [1.29, 1.82) is 0 Å². The van der Waals surface area contributed by atoms with Crippen LogP contribution in [-0.4, -0.2) is 214 Å². The molecule has 0 unspecified atom stereocenters. The van der Waals surface area contributed by atoms with Crippen LogP contribution in [0.3, 0.4) is 0 Å². The summed E-state index contributed by atoms with van der Waals surface area (Å²) in [6, 6.07) is 8.86. The molecule has 0 saturated carbocycles. The number of aliphatic hydroxyl groups is 1. The second-order valence-corrected chi connectivity index (χ2v) is 28.9. The maximum absolute atomic E-state index is 15.1. The van der Waals surface area contributed by atoms with Crippen LogP contribution in [0.4, 0.5) is 0 Å². The van der Waals surface area contributed by atoms with Gasteiger partial charge in [0.25, 0.3) is 17.6 Å². The third kappa shape index (κ3) is 18.8. The first kappa shape index (κ1) is 75.2. The number of rotatable bonds is 26. The summed E-state index contributed by atoms with van der Waals surface area (Å²) in [5.74, 6) is -15.8. The van der Waals surface area contributed by atoms with Crippen LogP contribution in [0.25, 0.3) is 0 Å². The van der Waals surface area contributed by atoms with E-state index in [2.05, 4.69) is 5.32 Å². The average Bonchev–Trinajstić information content (AvgIpc) is 1.18. The molecule has 2 N–H and O–H groups in total. The Balaban J connectivity index is 1.64. The fourth-order valence-corrected chi connectivity index (χ4v) is 11.8. The van der Waals surface area contributed by atoms with Crippen molar-refractivity contribution in [1.82, 2.24) is 10.2 Å². The average molecular weight is 1350 g/mol. The Morgan fingerprint density at radius 3 is 1.69 bits per heavy atom. The van der Waals surface area contributed by atoms with Crippen molar-refractivity contribution in [2.24, 2.45) is 0 Å². The van der Waals surface area contributed by atoms with Crippen LogP contribution in [0.2, 0.25) is 18.1 Å². The molecule has 3 amide bonds. The Bertz CT molecular complexity index is 3100. The maximum atomic E-state index is 15.1. The molecule has 0 bridgehead atoms. The van der Waals surface area contributed by atoms with Gasteiger partial charge in [-0.15, -0.1) is 0 Å². The number of methoxy groups -OCH3 is 1. The SMILES string of the molecule is COC(=O)[C@@]1(O[C@H]2[C@@H](OC(C)=O)[C@@H](COC(C)=O)O[C@@H](O[C@@H]3[C@H](OC(C)=O)[C@@H](N4C(=O)c5ccccc5C4=O)[C@H](OCc4ccc(CO)cc4)O[C@@H]3CO[Si](C)(C)C(C)(C)C)[C@@H]2OC(C)=O)C[C@H](OC(C)=O)[C@@H](NC(C)=O)[C@H]([C@@H](OC(C)=O)[C@@H](COC(C)=O)OC(C)=O)O1. The lowest BCUT2D eigenvalue weighted by atomic mass is 9.87. The highest BCUT2D eigenvalue weighted by Gasteiger charge is 2.65. The van der Waals surface area contributed by atoms with Crippen molar-refractivity contribution in [3.8, 4) is 0 Å². The molecule has 94 heavy (non-hydrogen) atoms. The molecule has 4 aliphatic heterocycles. The number of hydrogen-bond acceptors (Lipinski definition) is 29. The van der Waals surface area contributed by atoms with Crippen molar-refractivity contribution in [3.63, 3.8) is 0 Å². The number of amides is 3. The minimum absolute atomic E-state index is 0.0554. The third-order valence-corrected chi connectivity index (χ3v) is 20.3. The summed E-state index contributed by atoms with van der Waals surface area (Å²) in [7, 11) is -2.04. The van der Waals surface area contributed by atoms with Crippen molar-refractivity contribution in [3.05, 3.63) is 70.8 Å². The second kappa shape index (κ2) is 32.1. The number of aliphatic hydroxyl groups excluding tert-OH is 1. The van der Waals surface area contributed by atoms with E-state index in [9.17, 15) is 57.8 Å². The van der Waals surface area contributed by atoms with E-state index in [1.807, 2.05) is 33.9 Å². The molecular formula is C62H82N2O29Si. The molecule has 32 heteroatoms. The predicted molar refractivity (Wildman–Crippen MR) is 317 cm³/mol. The quantitative estimate of drug-likeness (QED) is 0.0591. The summed E-state index contributed by atoms with van der Waals surface area (Å²) in [6.45, 7) is 15.6. The minimum Gasteiger partial charge on any atom is -0.465 e. The lowest BCUT2D eigenvalue weighted by Gasteiger charge is -2.53. The first-order valence-electron chi connectivity index (χ1n) is 29.9. The van der Waals surface area contributed by atoms with Crippen LogP contribution < -0.4 is 5.32 Å². The van der Waals surface area contributed by atoms with Crippen LogP contribution in [0, 0.1) is 0 Å². The molecule has 2 aromatic carbocycles. The van der Waals surface area contributed by atoms with Gasteiger partial charge in [-0.3, -0.25) is 57.6 Å². The van der Waals surface area contributed by atoms with Crippen molar-refractivity contribution < 1.29 is 138 Å². The lowest BCUT2D eigenvalue weighted by molar-refractivity contribution is -0.384. The molecule has 3 fully saturated rings. The first-order valence-corrected chi connectivity index (χ1v) is 32.8. The number of carbonyl (C=O) groups excluding carboxylic acids is 12.